The number of halogens is 1. The van der Waals surface area contributed by atoms with Crippen LogP contribution in [-0.2, 0) is 11.2 Å². The zero-order chi connectivity index (χ0) is 25.5. The van der Waals surface area contributed by atoms with Crippen LogP contribution in [0, 0.1) is 5.82 Å². The third-order valence-corrected chi connectivity index (χ3v) is 6.06. The maximum Gasteiger partial charge on any atom is 0.272 e. The number of benzene rings is 2. The van der Waals surface area contributed by atoms with Gasteiger partial charge in [0, 0.05) is 56.0 Å². The van der Waals surface area contributed by atoms with Crippen molar-refractivity contribution in [3.05, 3.63) is 85.9 Å². The number of amides is 2. The zero-order valence-electron chi connectivity index (χ0n) is 19.5. The Hall–Kier alpha value is -4.28. The van der Waals surface area contributed by atoms with E-state index in [1.54, 1.807) is 29.2 Å². The van der Waals surface area contributed by atoms with Gasteiger partial charge in [-0.25, -0.2) is 9.49 Å². The summed E-state index contributed by atoms with van der Waals surface area (Å²) in [5, 5.41) is 14.2. The molecule has 0 radical (unpaired) electrons. The number of hydrogen-bond donors (Lipinski definition) is 2. The van der Waals surface area contributed by atoms with Crippen molar-refractivity contribution in [2.24, 2.45) is 5.11 Å². The summed E-state index contributed by atoms with van der Waals surface area (Å²) in [6, 6.07) is 11.5. The van der Waals surface area contributed by atoms with Crippen LogP contribution >= 0.6 is 0 Å². The zero-order valence-corrected chi connectivity index (χ0v) is 19.5. The Morgan fingerprint density at radius 1 is 1.11 bits per heavy atom. The predicted molar refractivity (Wildman–Crippen MR) is 131 cm³/mol. The number of nitrogens with zero attached hydrogens (tertiary/aromatic N) is 6. The predicted octanol–water partition coefficient (Wildman–Crippen LogP) is 1.84. The second kappa shape index (κ2) is 11.4. The smallest absolute Gasteiger partial charge is 0.272 e. The minimum Gasteiger partial charge on any atom is -0.338 e. The van der Waals surface area contributed by atoms with E-state index in [-0.39, 0.29) is 30.1 Å². The molecule has 36 heavy (non-hydrogen) atoms. The lowest BCUT2D eigenvalue weighted by molar-refractivity contribution is -0.131. The highest BCUT2D eigenvalue weighted by molar-refractivity contribution is 5.95. The monoisotopic (exact) mass is 492 g/mol. The lowest BCUT2D eigenvalue weighted by atomic mass is 10.0. The van der Waals surface area contributed by atoms with Gasteiger partial charge in [-0.05, 0) is 29.3 Å². The van der Waals surface area contributed by atoms with Crippen molar-refractivity contribution in [2.75, 3.05) is 45.8 Å². The minimum absolute atomic E-state index is 0.0410. The fraction of sp³-hybridized carbons (Fsp3) is 0.333. The van der Waals surface area contributed by atoms with E-state index in [0.29, 0.717) is 61.2 Å². The van der Waals surface area contributed by atoms with Crippen LogP contribution < -0.4 is 10.9 Å². The Bertz CT molecular complexity index is 1380. The molecule has 4 rings (SSSR count). The molecule has 11 nitrogen and oxygen atoms in total. The van der Waals surface area contributed by atoms with Crippen LogP contribution in [0.4, 0.5) is 4.39 Å². The molecule has 12 heteroatoms. The van der Waals surface area contributed by atoms with Crippen molar-refractivity contribution in [3.63, 3.8) is 0 Å². The average Bonchev–Trinajstić information content (AvgIpc) is 2.91. The second-order valence-corrected chi connectivity index (χ2v) is 8.34. The molecule has 2 heterocycles. The first kappa shape index (κ1) is 24.8. The van der Waals surface area contributed by atoms with Crippen LogP contribution in [0.2, 0.25) is 0 Å². The molecule has 2 N–H and O–H groups in total. The first-order valence-corrected chi connectivity index (χ1v) is 11.5. The summed E-state index contributed by atoms with van der Waals surface area (Å²) in [7, 11) is 0. The van der Waals surface area contributed by atoms with E-state index in [4.69, 9.17) is 5.53 Å². The second-order valence-electron chi connectivity index (χ2n) is 8.34. The van der Waals surface area contributed by atoms with Crippen LogP contribution in [0.1, 0.15) is 21.6 Å². The number of H-pyrrole nitrogens is 1. The first-order chi connectivity index (χ1) is 17.5. The molecule has 0 atom stereocenters. The summed E-state index contributed by atoms with van der Waals surface area (Å²) in [4.78, 5) is 43.3. The number of nitrogens with one attached hydrogen (secondary N) is 2. The SMILES string of the molecule is [N-]=[N+]=NCCNCC(=O)N1CCN(C(=O)c2cc(Cc3n[nH]c(=O)c4ccccc34)ccc2F)CC1. The lowest BCUT2D eigenvalue weighted by Crippen LogP contribution is -2.52. The molecule has 0 saturated carbocycles. The third-order valence-electron chi connectivity index (χ3n) is 6.06. The number of aromatic nitrogens is 2. The Kier molecular flexibility index (Phi) is 7.89. The highest BCUT2D eigenvalue weighted by atomic mass is 19.1. The van der Waals surface area contributed by atoms with E-state index < -0.39 is 11.7 Å². The van der Waals surface area contributed by atoms with Crippen molar-refractivity contribution in [1.82, 2.24) is 25.3 Å². The van der Waals surface area contributed by atoms with Crippen molar-refractivity contribution in [2.45, 2.75) is 6.42 Å². The Morgan fingerprint density at radius 3 is 2.58 bits per heavy atom. The molecule has 0 spiro atoms. The number of carbonyl (C=O) groups is 2. The van der Waals surface area contributed by atoms with Crippen LogP contribution in [0.25, 0.3) is 21.2 Å². The largest absolute Gasteiger partial charge is 0.338 e. The third kappa shape index (κ3) is 5.68. The summed E-state index contributed by atoms with van der Waals surface area (Å²) >= 11 is 0. The van der Waals surface area contributed by atoms with Gasteiger partial charge in [-0.1, -0.05) is 29.4 Å². The van der Waals surface area contributed by atoms with Gasteiger partial charge in [0.05, 0.1) is 23.2 Å². The molecule has 1 fully saturated rings. The average molecular weight is 493 g/mol. The van der Waals surface area contributed by atoms with Gasteiger partial charge in [-0.2, -0.15) is 5.10 Å². The lowest BCUT2D eigenvalue weighted by Gasteiger charge is -2.35. The van der Waals surface area contributed by atoms with Crippen molar-refractivity contribution in [3.8, 4) is 0 Å². The normalized spacial score (nSPS) is 13.5. The van der Waals surface area contributed by atoms with Crippen molar-refractivity contribution < 1.29 is 14.0 Å². The van der Waals surface area contributed by atoms with Gasteiger partial charge in [0.15, 0.2) is 0 Å². The molecule has 1 aromatic heterocycles. The molecule has 0 aliphatic carbocycles. The van der Waals surface area contributed by atoms with Gasteiger partial charge in [0.25, 0.3) is 11.5 Å². The minimum atomic E-state index is -0.620. The highest BCUT2D eigenvalue weighted by Gasteiger charge is 2.26. The van der Waals surface area contributed by atoms with Gasteiger partial charge >= 0.3 is 0 Å². The van der Waals surface area contributed by atoms with E-state index in [9.17, 15) is 18.8 Å². The molecule has 2 amide bonds. The van der Waals surface area contributed by atoms with Crippen molar-refractivity contribution >= 4 is 22.6 Å². The topological polar surface area (TPSA) is 147 Å². The van der Waals surface area contributed by atoms with E-state index in [2.05, 4.69) is 25.5 Å². The molecule has 3 aromatic rings. The maximum atomic E-state index is 14.6. The molecule has 186 valence electrons. The molecular weight excluding hydrogens is 467 g/mol. The molecular formula is C24H25FN8O3. The number of carbonyl (C=O) groups excluding carboxylic acids is 2. The van der Waals surface area contributed by atoms with Crippen LogP contribution in [0.3, 0.4) is 0 Å². The first-order valence-electron chi connectivity index (χ1n) is 11.5. The summed E-state index contributed by atoms with van der Waals surface area (Å²) < 4.78 is 14.6. The van der Waals surface area contributed by atoms with Crippen LogP contribution in [0.15, 0.2) is 52.4 Å². The summed E-state index contributed by atoms with van der Waals surface area (Å²) in [5.74, 6) is -1.17. The number of fused-ring (bicyclic) bond motifs is 1. The summed E-state index contributed by atoms with van der Waals surface area (Å²) in [6.07, 6.45) is 0.312. The molecule has 0 unspecified atom stereocenters. The number of hydrogen-bond acceptors (Lipinski definition) is 6. The Labute approximate surface area is 205 Å². The molecule has 1 aliphatic rings. The van der Waals surface area contributed by atoms with E-state index in [0.717, 1.165) is 0 Å². The summed E-state index contributed by atoms with van der Waals surface area (Å²) in [6.45, 7) is 2.03. The van der Waals surface area contributed by atoms with Gasteiger partial charge in [-0.15, -0.1) is 0 Å². The molecule has 2 aromatic carbocycles. The fourth-order valence-corrected chi connectivity index (χ4v) is 4.16. The maximum absolute atomic E-state index is 14.6. The van der Waals surface area contributed by atoms with E-state index in [1.807, 2.05) is 6.07 Å². The highest BCUT2D eigenvalue weighted by Crippen LogP contribution is 2.20. The summed E-state index contributed by atoms with van der Waals surface area (Å²) in [5.41, 5.74) is 9.24. The van der Waals surface area contributed by atoms with Gasteiger partial charge in [0.2, 0.25) is 5.91 Å². The van der Waals surface area contributed by atoms with Crippen molar-refractivity contribution in [1.29, 1.82) is 0 Å². The van der Waals surface area contributed by atoms with Crippen LogP contribution in [-0.4, -0.2) is 77.6 Å². The molecule has 1 aliphatic heterocycles. The van der Waals surface area contributed by atoms with Gasteiger partial charge < -0.3 is 15.1 Å². The fourth-order valence-electron chi connectivity index (χ4n) is 4.16. The molecule has 1 saturated heterocycles. The number of piperazine rings is 1. The molecule has 0 bridgehead atoms. The Balaban J connectivity index is 1.40. The number of rotatable bonds is 8. The standard InChI is InChI=1S/C24H25FN8O3/c25-20-6-5-16(14-21-17-3-1-2-4-18(17)23(35)30-29-21)13-19(20)24(36)33-11-9-32(10-12-33)22(34)15-27-7-8-28-31-26/h1-6,13,27H,7-12,14-15H2,(H,30,35). The number of aromatic amines is 1. The van der Waals surface area contributed by atoms with Gasteiger partial charge in [0.1, 0.15) is 5.82 Å². The van der Waals surface area contributed by atoms with Gasteiger partial charge in [-0.3, -0.25) is 14.4 Å². The number of azide groups is 1. The quantitative estimate of drug-likeness (QED) is 0.213. The van der Waals surface area contributed by atoms with E-state index >= 15 is 0 Å². The van der Waals surface area contributed by atoms with E-state index in [1.165, 1.54) is 17.0 Å². The Morgan fingerprint density at radius 2 is 1.83 bits per heavy atom. The van der Waals surface area contributed by atoms with Crippen LogP contribution in [0.5, 0.6) is 0 Å².